The number of rotatable bonds is 3. The second-order valence-corrected chi connectivity index (χ2v) is 5.89. The summed E-state index contributed by atoms with van der Waals surface area (Å²) in [5.74, 6) is 0. The zero-order valence-corrected chi connectivity index (χ0v) is 10.8. The second kappa shape index (κ2) is 5.30. The van der Waals surface area contributed by atoms with Gasteiger partial charge in [-0.15, -0.1) is 11.3 Å². The van der Waals surface area contributed by atoms with Crippen LogP contribution in [0.4, 0.5) is 0 Å². The van der Waals surface area contributed by atoms with E-state index in [1.807, 2.05) is 24.4 Å². The fourth-order valence-electron chi connectivity index (χ4n) is 2.39. The van der Waals surface area contributed by atoms with Crippen molar-refractivity contribution in [1.82, 2.24) is 4.90 Å². The first kappa shape index (κ1) is 12.1. The lowest BCUT2D eigenvalue weighted by Crippen LogP contribution is -2.38. The summed E-state index contributed by atoms with van der Waals surface area (Å²) < 4.78 is 0. The van der Waals surface area contributed by atoms with Crippen LogP contribution >= 0.6 is 11.3 Å². The number of aliphatic hydroxyl groups is 1. The van der Waals surface area contributed by atoms with Gasteiger partial charge in [-0.1, -0.05) is 18.9 Å². The predicted octanol–water partition coefficient (Wildman–Crippen LogP) is 2.83. The summed E-state index contributed by atoms with van der Waals surface area (Å²) in [5.41, 5.74) is -0.682. The summed E-state index contributed by atoms with van der Waals surface area (Å²) in [6.07, 6.45) is 5.25. The van der Waals surface area contributed by atoms with Crippen molar-refractivity contribution in [2.75, 3.05) is 19.6 Å². The Balaban J connectivity index is 1.96. The maximum atomic E-state index is 10.5. The molecule has 2 nitrogen and oxygen atoms in total. The Morgan fingerprint density at radius 1 is 1.31 bits per heavy atom. The van der Waals surface area contributed by atoms with E-state index >= 15 is 0 Å². The third-order valence-corrected chi connectivity index (χ3v) is 4.41. The molecule has 90 valence electrons. The molecule has 0 saturated carbocycles. The molecule has 1 saturated heterocycles. The third kappa shape index (κ3) is 3.06. The van der Waals surface area contributed by atoms with Gasteiger partial charge in [0.05, 0.1) is 0 Å². The fraction of sp³-hybridized carbons (Fsp3) is 0.692. The highest BCUT2D eigenvalue weighted by atomic mass is 32.1. The van der Waals surface area contributed by atoms with Crippen LogP contribution in [0.2, 0.25) is 0 Å². The van der Waals surface area contributed by atoms with Crippen LogP contribution in [0.5, 0.6) is 0 Å². The Hall–Kier alpha value is -0.380. The van der Waals surface area contributed by atoms with E-state index < -0.39 is 5.60 Å². The van der Waals surface area contributed by atoms with Crippen LogP contribution in [0.1, 0.15) is 37.5 Å². The summed E-state index contributed by atoms with van der Waals surface area (Å²) in [4.78, 5) is 3.49. The standard InChI is InChI=1S/C13H21NOS/c1-13(15,12-7-6-10-16-12)11-14-8-4-2-3-5-9-14/h6-7,10,15H,2-5,8-9,11H2,1H3. The molecule has 1 fully saturated rings. The smallest absolute Gasteiger partial charge is 0.109 e. The fourth-order valence-corrected chi connectivity index (χ4v) is 3.17. The van der Waals surface area contributed by atoms with Crippen LogP contribution in [0.15, 0.2) is 17.5 Å². The molecular weight excluding hydrogens is 218 g/mol. The monoisotopic (exact) mass is 239 g/mol. The Morgan fingerprint density at radius 3 is 2.56 bits per heavy atom. The van der Waals surface area contributed by atoms with Crippen LogP contribution in [0, 0.1) is 0 Å². The molecule has 1 aliphatic heterocycles. The quantitative estimate of drug-likeness (QED) is 0.876. The first-order chi connectivity index (χ1) is 7.68. The highest BCUT2D eigenvalue weighted by Gasteiger charge is 2.27. The predicted molar refractivity (Wildman–Crippen MR) is 68.8 cm³/mol. The molecule has 0 radical (unpaired) electrons. The first-order valence-electron chi connectivity index (χ1n) is 6.17. The molecule has 1 aromatic rings. The Morgan fingerprint density at radius 2 is 2.00 bits per heavy atom. The number of β-amino-alcohol motifs (C(OH)–C–C–N with tert-alkyl or cyclic N) is 1. The van der Waals surface area contributed by atoms with Gasteiger partial charge < -0.3 is 10.0 Å². The number of hydrogen-bond donors (Lipinski definition) is 1. The van der Waals surface area contributed by atoms with E-state index in [9.17, 15) is 5.11 Å². The van der Waals surface area contributed by atoms with Crippen LogP contribution in [0.25, 0.3) is 0 Å². The molecule has 0 aliphatic carbocycles. The van der Waals surface area contributed by atoms with Crippen molar-refractivity contribution in [1.29, 1.82) is 0 Å². The molecule has 1 aliphatic rings. The molecule has 1 unspecified atom stereocenters. The average Bonchev–Trinajstić information content (AvgIpc) is 2.67. The van der Waals surface area contributed by atoms with Crippen molar-refractivity contribution in [2.24, 2.45) is 0 Å². The average molecular weight is 239 g/mol. The van der Waals surface area contributed by atoms with E-state index in [4.69, 9.17) is 0 Å². The van der Waals surface area contributed by atoms with E-state index in [1.54, 1.807) is 11.3 Å². The lowest BCUT2D eigenvalue weighted by molar-refractivity contribution is 0.0200. The normalized spacial score (nSPS) is 22.6. The Labute approximate surface area is 102 Å². The van der Waals surface area contributed by atoms with Crippen LogP contribution in [-0.2, 0) is 5.60 Å². The number of nitrogens with zero attached hydrogens (tertiary/aromatic N) is 1. The molecule has 0 amide bonds. The van der Waals surface area contributed by atoms with Crippen molar-refractivity contribution in [2.45, 2.75) is 38.2 Å². The molecule has 1 atom stereocenters. The largest absolute Gasteiger partial charge is 0.383 e. The van der Waals surface area contributed by atoms with Gasteiger partial charge in [-0.05, 0) is 44.3 Å². The van der Waals surface area contributed by atoms with Gasteiger partial charge in [0.25, 0.3) is 0 Å². The molecule has 2 rings (SSSR count). The van der Waals surface area contributed by atoms with Crippen molar-refractivity contribution in [3.8, 4) is 0 Å². The summed E-state index contributed by atoms with van der Waals surface area (Å²) in [6, 6.07) is 4.04. The number of thiophene rings is 1. The van der Waals surface area contributed by atoms with Gasteiger partial charge in [-0.2, -0.15) is 0 Å². The minimum atomic E-state index is -0.682. The Bertz CT molecular complexity index is 300. The minimum absolute atomic E-state index is 0.682. The molecule has 1 aromatic heterocycles. The molecule has 3 heteroatoms. The Kier molecular flexibility index (Phi) is 4.00. The van der Waals surface area contributed by atoms with E-state index in [-0.39, 0.29) is 0 Å². The van der Waals surface area contributed by atoms with Gasteiger partial charge in [-0.3, -0.25) is 0 Å². The highest BCUT2D eigenvalue weighted by Crippen LogP contribution is 2.27. The van der Waals surface area contributed by atoms with E-state index in [1.165, 1.54) is 25.7 Å². The lowest BCUT2D eigenvalue weighted by Gasteiger charge is -2.30. The van der Waals surface area contributed by atoms with E-state index in [2.05, 4.69) is 4.90 Å². The maximum absolute atomic E-state index is 10.5. The topological polar surface area (TPSA) is 23.5 Å². The van der Waals surface area contributed by atoms with Gasteiger partial charge >= 0.3 is 0 Å². The van der Waals surface area contributed by atoms with Crippen LogP contribution in [0.3, 0.4) is 0 Å². The minimum Gasteiger partial charge on any atom is -0.383 e. The summed E-state index contributed by atoms with van der Waals surface area (Å²) in [5, 5.41) is 12.5. The lowest BCUT2D eigenvalue weighted by atomic mass is 10.0. The van der Waals surface area contributed by atoms with Crippen LogP contribution in [-0.4, -0.2) is 29.6 Å². The van der Waals surface area contributed by atoms with Crippen molar-refractivity contribution in [3.05, 3.63) is 22.4 Å². The summed E-state index contributed by atoms with van der Waals surface area (Å²) in [6.45, 7) is 4.99. The number of likely N-dealkylation sites (tertiary alicyclic amines) is 1. The van der Waals surface area contributed by atoms with Crippen molar-refractivity contribution in [3.63, 3.8) is 0 Å². The van der Waals surface area contributed by atoms with Crippen LogP contribution < -0.4 is 0 Å². The molecule has 0 spiro atoms. The van der Waals surface area contributed by atoms with Gasteiger partial charge in [0.2, 0.25) is 0 Å². The third-order valence-electron chi connectivity index (χ3n) is 3.28. The van der Waals surface area contributed by atoms with E-state index in [0.717, 1.165) is 24.5 Å². The van der Waals surface area contributed by atoms with Gasteiger partial charge in [0.1, 0.15) is 5.60 Å². The van der Waals surface area contributed by atoms with Gasteiger partial charge in [0.15, 0.2) is 0 Å². The SMILES string of the molecule is CC(O)(CN1CCCCCC1)c1cccs1. The molecule has 0 bridgehead atoms. The molecule has 2 heterocycles. The van der Waals surface area contributed by atoms with Crippen molar-refractivity contribution >= 4 is 11.3 Å². The molecule has 1 N–H and O–H groups in total. The highest BCUT2D eigenvalue weighted by molar-refractivity contribution is 7.10. The van der Waals surface area contributed by atoms with Crippen molar-refractivity contribution < 1.29 is 5.11 Å². The molecule has 16 heavy (non-hydrogen) atoms. The zero-order chi connectivity index (χ0) is 11.4. The van der Waals surface area contributed by atoms with E-state index in [0.29, 0.717) is 0 Å². The summed E-state index contributed by atoms with van der Waals surface area (Å²) in [7, 11) is 0. The molecule has 0 aromatic carbocycles. The maximum Gasteiger partial charge on any atom is 0.109 e. The zero-order valence-electron chi connectivity index (χ0n) is 9.98. The second-order valence-electron chi connectivity index (χ2n) is 4.94. The van der Waals surface area contributed by atoms with Gasteiger partial charge in [-0.25, -0.2) is 0 Å². The molecular formula is C13H21NOS. The summed E-state index contributed by atoms with van der Waals surface area (Å²) >= 11 is 1.65. The number of hydrogen-bond acceptors (Lipinski definition) is 3. The van der Waals surface area contributed by atoms with Gasteiger partial charge in [0, 0.05) is 11.4 Å². The first-order valence-corrected chi connectivity index (χ1v) is 7.05.